The Morgan fingerprint density at radius 1 is 1.50 bits per heavy atom. The first-order valence-corrected chi connectivity index (χ1v) is 7.81. The van der Waals surface area contributed by atoms with Crippen molar-refractivity contribution < 1.29 is 9.53 Å². The van der Waals surface area contributed by atoms with Crippen LogP contribution >= 0.6 is 12.2 Å². The van der Waals surface area contributed by atoms with Crippen molar-refractivity contribution in [1.82, 2.24) is 10.2 Å². The molecule has 114 valence electrons. The second-order valence-electron chi connectivity index (χ2n) is 5.95. The van der Waals surface area contributed by atoms with E-state index in [9.17, 15) is 4.79 Å². The van der Waals surface area contributed by atoms with E-state index in [0.29, 0.717) is 11.6 Å². The fourth-order valence-electron chi connectivity index (χ4n) is 3.11. The zero-order valence-electron chi connectivity index (χ0n) is 12.4. The van der Waals surface area contributed by atoms with E-state index in [1.165, 1.54) is 0 Å². The van der Waals surface area contributed by atoms with Gasteiger partial charge in [0.05, 0.1) is 22.5 Å². The number of nitrogens with zero attached hydrogens (tertiary/aromatic N) is 1. The zero-order valence-corrected chi connectivity index (χ0v) is 13.2. The molecule has 2 atom stereocenters. The molecule has 6 heteroatoms. The van der Waals surface area contributed by atoms with Gasteiger partial charge in [0.15, 0.2) is 0 Å². The predicted molar refractivity (Wildman–Crippen MR) is 82.5 cm³/mol. The van der Waals surface area contributed by atoms with Crippen LogP contribution in [0.25, 0.3) is 0 Å². The SMILES string of the molecule is CCC1OCCC1C(=O)NC1(C(N)=S)CCN(C)CC1. The third-order valence-corrected chi connectivity index (χ3v) is 5.01. The lowest BCUT2D eigenvalue weighted by Crippen LogP contribution is -2.62. The maximum atomic E-state index is 12.6. The van der Waals surface area contributed by atoms with Crippen molar-refractivity contribution >= 4 is 23.1 Å². The van der Waals surface area contributed by atoms with Crippen molar-refractivity contribution in [3.63, 3.8) is 0 Å². The molecule has 0 radical (unpaired) electrons. The Balaban J connectivity index is 2.05. The number of carbonyl (C=O) groups is 1. The molecule has 2 aliphatic rings. The van der Waals surface area contributed by atoms with Crippen LogP contribution in [0.15, 0.2) is 0 Å². The highest BCUT2D eigenvalue weighted by Gasteiger charge is 2.41. The number of likely N-dealkylation sites (tertiary alicyclic amines) is 1. The maximum absolute atomic E-state index is 12.6. The van der Waals surface area contributed by atoms with Gasteiger partial charge in [-0.25, -0.2) is 0 Å². The number of hydrogen-bond donors (Lipinski definition) is 2. The van der Waals surface area contributed by atoms with Crippen molar-refractivity contribution in [2.75, 3.05) is 26.7 Å². The second-order valence-corrected chi connectivity index (χ2v) is 6.39. The largest absolute Gasteiger partial charge is 0.391 e. The quantitative estimate of drug-likeness (QED) is 0.747. The number of carbonyl (C=O) groups excluding carboxylic acids is 1. The van der Waals surface area contributed by atoms with Crippen LogP contribution in [0.4, 0.5) is 0 Å². The first kappa shape index (κ1) is 15.7. The van der Waals surface area contributed by atoms with Crippen LogP contribution in [0.2, 0.25) is 0 Å². The van der Waals surface area contributed by atoms with Crippen LogP contribution in [0, 0.1) is 5.92 Å². The van der Waals surface area contributed by atoms with Gasteiger partial charge in [-0.05, 0) is 32.7 Å². The Morgan fingerprint density at radius 3 is 2.70 bits per heavy atom. The Kier molecular flexibility index (Phi) is 4.99. The summed E-state index contributed by atoms with van der Waals surface area (Å²) in [4.78, 5) is 15.2. The molecule has 0 aromatic rings. The molecule has 0 bridgehead atoms. The number of rotatable bonds is 4. The van der Waals surface area contributed by atoms with Crippen LogP contribution in [0.1, 0.15) is 32.6 Å². The Hall–Kier alpha value is -0.720. The number of nitrogens with two attached hydrogens (primary N) is 1. The highest BCUT2D eigenvalue weighted by Crippen LogP contribution is 2.27. The monoisotopic (exact) mass is 299 g/mol. The van der Waals surface area contributed by atoms with Gasteiger partial charge in [0.1, 0.15) is 0 Å². The number of nitrogens with one attached hydrogen (secondary N) is 1. The summed E-state index contributed by atoms with van der Waals surface area (Å²) in [7, 11) is 2.07. The summed E-state index contributed by atoms with van der Waals surface area (Å²) in [5, 5.41) is 3.15. The molecule has 2 unspecified atom stereocenters. The van der Waals surface area contributed by atoms with Crippen molar-refractivity contribution in [3.8, 4) is 0 Å². The molecule has 2 aliphatic heterocycles. The molecule has 2 fully saturated rings. The van der Waals surface area contributed by atoms with E-state index < -0.39 is 5.54 Å². The minimum Gasteiger partial charge on any atom is -0.391 e. The summed E-state index contributed by atoms with van der Waals surface area (Å²) < 4.78 is 5.60. The molecular weight excluding hydrogens is 274 g/mol. The lowest BCUT2D eigenvalue weighted by molar-refractivity contribution is -0.128. The van der Waals surface area contributed by atoms with Crippen LogP contribution in [0.3, 0.4) is 0 Å². The lowest BCUT2D eigenvalue weighted by atomic mass is 9.86. The molecule has 0 saturated carbocycles. The van der Waals surface area contributed by atoms with Crippen molar-refractivity contribution in [2.24, 2.45) is 11.7 Å². The molecule has 0 spiro atoms. The van der Waals surface area contributed by atoms with Crippen LogP contribution < -0.4 is 11.1 Å². The van der Waals surface area contributed by atoms with E-state index >= 15 is 0 Å². The van der Waals surface area contributed by atoms with Gasteiger partial charge in [-0.1, -0.05) is 19.1 Å². The van der Waals surface area contributed by atoms with E-state index in [4.69, 9.17) is 22.7 Å². The molecule has 2 heterocycles. The third kappa shape index (κ3) is 3.13. The summed E-state index contributed by atoms with van der Waals surface area (Å²) in [6, 6.07) is 0. The topological polar surface area (TPSA) is 67.6 Å². The smallest absolute Gasteiger partial charge is 0.226 e. The Bertz CT molecular complexity index is 381. The fraction of sp³-hybridized carbons (Fsp3) is 0.857. The summed E-state index contributed by atoms with van der Waals surface area (Å²) in [6.45, 7) is 4.51. The molecule has 2 rings (SSSR count). The van der Waals surface area contributed by atoms with Gasteiger partial charge in [-0.15, -0.1) is 0 Å². The van der Waals surface area contributed by atoms with Gasteiger partial charge in [0.25, 0.3) is 0 Å². The molecule has 5 nitrogen and oxygen atoms in total. The Labute approximate surface area is 126 Å². The first-order valence-electron chi connectivity index (χ1n) is 7.40. The standard InChI is InChI=1S/C14H25N3O2S/c1-3-11-10(4-9-19-11)12(18)16-14(13(15)20)5-7-17(2)8-6-14/h10-11H,3-9H2,1-2H3,(H2,15,20)(H,16,18). The van der Waals surface area contributed by atoms with E-state index in [2.05, 4.69) is 24.2 Å². The van der Waals surface area contributed by atoms with Gasteiger partial charge >= 0.3 is 0 Å². The maximum Gasteiger partial charge on any atom is 0.226 e. The zero-order chi connectivity index (χ0) is 14.8. The fourth-order valence-corrected chi connectivity index (χ4v) is 3.37. The molecular formula is C14H25N3O2S. The minimum absolute atomic E-state index is 0.0321. The predicted octanol–water partition coefficient (Wildman–Crippen LogP) is 0.668. The molecule has 2 saturated heterocycles. The van der Waals surface area contributed by atoms with Gasteiger partial charge < -0.3 is 20.7 Å². The summed E-state index contributed by atoms with van der Waals surface area (Å²) in [5.74, 6) is -0.0161. The van der Waals surface area contributed by atoms with Gasteiger partial charge in [0, 0.05) is 19.7 Å². The first-order chi connectivity index (χ1) is 9.48. The number of ether oxygens (including phenoxy) is 1. The van der Waals surface area contributed by atoms with Gasteiger partial charge in [-0.3, -0.25) is 4.79 Å². The van der Waals surface area contributed by atoms with E-state index in [1.54, 1.807) is 0 Å². The summed E-state index contributed by atoms with van der Waals surface area (Å²) in [5.41, 5.74) is 5.41. The van der Waals surface area contributed by atoms with Crippen LogP contribution in [-0.2, 0) is 9.53 Å². The number of thiocarbonyl (C=S) groups is 1. The van der Waals surface area contributed by atoms with E-state index in [1.807, 2.05) is 0 Å². The minimum atomic E-state index is -0.514. The number of piperidine rings is 1. The molecule has 0 aromatic carbocycles. The normalized spacial score (nSPS) is 30.1. The van der Waals surface area contributed by atoms with E-state index in [0.717, 1.165) is 38.8 Å². The van der Waals surface area contributed by atoms with Gasteiger partial charge in [0.2, 0.25) is 5.91 Å². The van der Waals surface area contributed by atoms with E-state index in [-0.39, 0.29) is 17.9 Å². The Morgan fingerprint density at radius 2 is 2.15 bits per heavy atom. The summed E-state index contributed by atoms with van der Waals surface area (Å²) >= 11 is 5.23. The third-order valence-electron chi connectivity index (χ3n) is 4.62. The van der Waals surface area contributed by atoms with Gasteiger partial charge in [-0.2, -0.15) is 0 Å². The lowest BCUT2D eigenvalue weighted by Gasteiger charge is -2.41. The van der Waals surface area contributed by atoms with Crippen molar-refractivity contribution in [2.45, 2.75) is 44.2 Å². The number of hydrogen-bond acceptors (Lipinski definition) is 4. The molecule has 1 amide bonds. The van der Waals surface area contributed by atoms with Crippen molar-refractivity contribution in [3.05, 3.63) is 0 Å². The molecule has 3 N–H and O–H groups in total. The summed E-state index contributed by atoms with van der Waals surface area (Å²) in [6.07, 6.45) is 3.26. The average Bonchev–Trinajstić information content (AvgIpc) is 2.89. The molecule has 0 aliphatic carbocycles. The van der Waals surface area contributed by atoms with Crippen molar-refractivity contribution in [1.29, 1.82) is 0 Å². The van der Waals surface area contributed by atoms with Crippen LogP contribution in [-0.4, -0.2) is 54.2 Å². The second kappa shape index (κ2) is 6.37. The highest BCUT2D eigenvalue weighted by atomic mass is 32.1. The number of amides is 1. The molecule has 20 heavy (non-hydrogen) atoms. The van der Waals surface area contributed by atoms with Crippen LogP contribution in [0.5, 0.6) is 0 Å². The molecule has 0 aromatic heterocycles. The average molecular weight is 299 g/mol. The highest BCUT2D eigenvalue weighted by molar-refractivity contribution is 7.80.